The van der Waals surface area contributed by atoms with Crippen molar-refractivity contribution in [2.24, 2.45) is 0 Å². The van der Waals surface area contributed by atoms with Gasteiger partial charge in [-0.2, -0.15) is 5.10 Å². The van der Waals surface area contributed by atoms with E-state index in [0.29, 0.717) is 10.0 Å². The Hall–Kier alpha value is -1.97. The van der Waals surface area contributed by atoms with Crippen molar-refractivity contribution in [3.8, 4) is 5.69 Å². The van der Waals surface area contributed by atoms with Crippen molar-refractivity contribution in [2.75, 3.05) is 11.9 Å². The fourth-order valence-corrected chi connectivity index (χ4v) is 3.87. The zero-order valence-corrected chi connectivity index (χ0v) is 15.3. The summed E-state index contributed by atoms with van der Waals surface area (Å²) < 4.78 is 1.96. The summed E-state index contributed by atoms with van der Waals surface area (Å²) in [5, 5.41) is 9.70. The molecular weight excluding hydrogens is 353 g/mol. The summed E-state index contributed by atoms with van der Waals surface area (Å²) in [7, 11) is 0. The van der Waals surface area contributed by atoms with E-state index < -0.39 is 0 Å². The van der Waals surface area contributed by atoms with Gasteiger partial charge in [0.05, 0.1) is 11.4 Å². The minimum Gasteiger partial charge on any atom is -0.370 e. The summed E-state index contributed by atoms with van der Waals surface area (Å²) in [6, 6.07) is 16.0. The molecule has 2 heterocycles. The second kappa shape index (κ2) is 7.11. The summed E-state index contributed by atoms with van der Waals surface area (Å²) in [6.45, 7) is 0.956. The predicted octanol–water partition coefficient (Wildman–Crippen LogP) is 5.52. The van der Waals surface area contributed by atoms with Crippen LogP contribution in [0.4, 0.5) is 5.82 Å². The van der Waals surface area contributed by atoms with Crippen molar-refractivity contribution in [1.82, 2.24) is 9.78 Å². The maximum atomic E-state index is 6.21. The zero-order chi connectivity index (χ0) is 17.2. The summed E-state index contributed by atoms with van der Waals surface area (Å²) in [5.74, 6) is 1.07. The van der Waals surface area contributed by atoms with Crippen LogP contribution in [0.15, 0.2) is 48.5 Å². The smallest absolute Gasteiger partial charge is 0.133 e. The van der Waals surface area contributed by atoms with Gasteiger partial charge in [0.1, 0.15) is 5.82 Å². The molecule has 1 aliphatic heterocycles. The van der Waals surface area contributed by atoms with Crippen LogP contribution in [0, 0.1) is 0 Å². The number of hydrogen-bond donors (Lipinski definition) is 1. The van der Waals surface area contributed by atoms with E-state index in [1.165, 1.54) is 17.5 Å². The third kappa shape index (κ3) is 3.53. The minimum atomic E-state index is 0.616. The number of benzene rings is 2. The first-order valence-corrected chi connectivity index (χ1v) is 9.31. The number of hydrogen-bond acceptors (Lipinski definition) is 2. The molecule has 25 heavy (non-hydrogen) atoms. The highest BCUT2D eigenvalue weighted by Crippen LogP contribution is 2.31. The molecular formula is C20H19Cl2N3. The van der Waals surface area contributed by atoms with Gasteiger partial charge in [-0.25, -0.2) is 4.68 Å². The molecule has 1 N–H and O–H groups in total. The summed E-state index contributed by atoms with van der Waals surface area (Å²) in [5.41, 5.74) is 4.58. The molecule has 5 heteroatoms. The zero-order valence-electron chi connectivity index (χ0n) is 13.8. The van der Waals surface area contributed by atoms with Crippen LogP contribution in [0.2, 0.25) is 10.0 Å². The van der Waals surface area contributed by atoms with E-state index in [-0.39, 0.29) is 0 Å². The van der Waals surface area contributed by atoms with Crippen molar-refractivity contribution in [3.63, 3.8) is 0 Å². The van der Waals surface area contributed by atoms with Crippen LogP contribution < -0.4 is 5.32 Å². The molecule has 0 spiro atoms. The highest BCUT2D eigenvalue weighted by molar-refractivity contribution is 6.34. The Morgan fingerprint density at radius 2 is 1.76 bits per heavy atom. The SMILES string of the molecule is Clc1cc(Cl)cc(-n2nc(Cc3ccccc3)c3c2NCCCC3)c1. The first kappa shape index (κ1) is 16.5. The number of anilines is 1. The van der Waals surface area contributed by atoms with E-state index in [2.05, 4.69) is 29.6 Å². The molecule has 2 aromatic carbocycles. The second-order valence-corrected chi connectivity index (χ2v) is 7.23. The average molecular weight is 372 g/mol. The van der Waals surface area contributed by atoms with Gasteiger partial charge in [-0.3, -0.25) is 0 Å². The number of halogens is 2. The number of nitrogens with one attached hydrogen (secondary N) is 1. The molecule has 0 atom stereocenters. The first-order chi connectivity index (χ1) is 12.2. The van der Waals surface area contributed by atoms with Gasteiger partial charge >= 0.3 is 0 Å². The van der Waals surface area contributed by atoms with Crippen molar-refractivity contribution < 1.29 is 0 Å². The second-order valence-electron chi connectivity index (χ2n) is 6.36. The van der Waals surface area contributed by atoms with E-state index in [0.717, 1.165) is 43.0 Å². The predicted molar refractivity (Wildman–Crippen MR) is 104 cm³/mol. The molecule has 0 saturated heterocycles. The molecule has 3 nitrogen and oxygen atoms in total. The Labute approximate surface area is 157 Å². The first-order valence-electron chi connectivity index (χ1n) is 8.56. The Morgan fingerprint density at radius 3 is 2.52 bits per heavy atom. The van der Waals surface area contributed by atoms with E-state index in [9.17, 15) is 0 Å². The van der Waals surface area contributed by atoms with Gasteiger partial charge < -0.3 is 5.32 Å². The van der Waals surface area contributed by atoms with E-state index in [4.69, 9.17) is 28.3 Å². The van der Waals surface area contributed by atoms with Crippen LogP contribution in [0.3, 0.4) is 0 Å². The molecule has 0 amide bonds. The van der Waals surface area contributed by atoms with Crippen molar-refractivity contribution in [2.45, 2.75) is 25.7 Å². The molecule has 0 fully saturated rings. The average Bonchev–Trinajstić information content (AvgIpc) is 2.78. The Bertz CT molecular complexity index is 867. The number of fused-ring (bicyclic) bond motifs is 1. The molecule has 3 aromatic rings. The lowest BCUT2D eigenvalue weighted by molar-refractivity contribution is 0.767. The maximum Gasteiger partial charge on any atom is 0.133 e. The van der Waals surface area contributed by atoms with Crippen LogP contribution in [-0.4, -0.2) is 16.3 Å². The maximum absolute atomic E-state index is 6.21. The summed E-state index contributed by atoms with van der Waals surface area (Å²) in [4.78, 5) is 0. The van der Waals surface area contributed by atoms with Crippen LogP contribution in [0.1, 0.15) is 29.7 Å². The molecule has 0 unspecified atom stereocenters. The highest BCUT2D eigenvalue weighted by Gasteiger charge is 2.21. The standard InChI is InChI=1S/C20H19Cl2N3/c21-15-11-16(22)13-17(12-15)25-20-18(8-4-5-9-23-20)19(24-25)10-14-6-2-1-3-7-14/h1-3,6-7,11-13,23H,4-5,8-10H2. The van der Waals surface area contributed by atoms with Crippen LogP contribution in [0.5, 0.6) is 0 Å². The van der Waals surface area contributed by atoms with Gasteiger partial charge in [0, 0.05) is 28.6 Å². The minimum absolute atomic E-state index is 0.616. The molecule has 1 aromatic heterocycles. The molecule has 128 valence electrons. The Kier molecular flexibility index (Phi) is 4.69. The van der Waals surface area contributed by atoms with Crippen molar-refractivity contribution in [1.29, 1.82) is 0 Å². The largest absolute Gasteiger partial charge is 0.370 e. The van der Waals surface area contributed by atoms with Gasteiger partial charge in [0.2, 0.25) is 0 Å². The van der Waals surface area contributed by atoms with Crippen LogP contribution in [-0.2, 0) is 12.8 Å². The number of rotatable bonds is 3. The Morgan fingerprint density at radius 1 is 1.00 bits per heavy atom. The van der Waals surface area contributed by atoms with Gasteiger partial charge in [-0.1, -0.05) is 53.5 Å². The Balaban J connectivity index is 1.81. The highest BCUT2D eigenvalue weighted by atomic mass is 35.5. The fraction of sp³-hybridized carbons (Fsp3) is 0.250. The topological polar surface area (TPSA) is 29.9 Å². The molecule has 0 saturated carbocycles. The molecule has 4 rings (SSSR count). The van der Waals surface area contributed by atoms with Gasteiger partial charge in [0.15, 0.2) is 0 Å². The van der Waals surface area contributed by atoms with Crippen LogP contribution >= 0.6 is 23.2 Å². The van der Waals surface area contributed by atoms with Gasteiger partial charge in [0.25, 0.3) is 0 Å². The van der Waals surface area contributed by atoms with Gasteiger partial charge in [-0.15, -0.1) is 0 Å². The molecule has 0 radical (unpaired) electrons. The van der Waals surface area contributed by atoms with E-state index in [1.807, 2.05) is 22.9 Å². The third-order valence-electron chi connectivity index (χ3n) is 4.52. The van der Waals surface area contributed by atoms with Gasteiger partial charge in [-0.05, 0) is 43.0 Å². The molecule has 0 aliphatic carbocycles. The van der Waals surface area contributed by atoms with E-state index >= 15 is 0 Å². The monoisotopic (exact) mass is 371 g/mol. The number of aromatic nitrogens is 2. The number of nitrogens with zero attached hydrogens (tertiary/aromatic N) is 2. The summed E-state index contributed by atoms with van der Waals surface area (Å²) in [6.07, 6.45) is 4.20. The molecule has 0 bridgehead atoms. The molecule has 1 aliphatic rings. The third-order valence-corrected chi connectivity index (χ3v) is 4.96. The van der Waals surface area contributed by atoms with Crippen molar-refractivity contribution >= 4 is 29.0 Å². The lowest BCUT2D eigenvalue weighted by Crippen LogP contribution is -2.07. The van der Waals surface area contributed by atoms with Crippen LogP contribution in [0.25, 0.3) is 5.69 Å². The fourth-order valence-electron chi connectivity index (χ4n) is 3.35. The lowest BCUT2D eigenvalue weighted by atomic mass is 10.0. The van der Waals surface area contributed by atoms with Crippen molar-refractivity contribution in [3.05, 3.63) is 75.4 Å². The normalized spacial score (nSPS) is 13.8. The van der Waals surface area contributed by atoms with E-state index in [1.54, 1.807) is 6.07 Å². The summed E-state index contributed by atoms with van der Waals surface area (Å²) >= 11 is 12.4. The quantitative estimate of drug-likeness (QED) is 0.656. The lowest BCUT2D eigenvalue weighted by Gasteiger charge is -2.10.